The van der Waals surface area contributed by atoms with Gasteiger partial charge in [-0.25, -0.2) is 13.2 Å². The first kappa shape index (κ1) is 23.6. The second kappa shape index (κ2) is 8.53. The first-order chi connectivity index (χ1) is 16.6. The topological polar surface area (TPSA) is 148 Å². The van der Waals surface area contributed by atoms with E-state index in [0.29, 0.717) is 18.0 Å². The minimum absolute atomic E-state index is 0.00514. The van der Waals surface area contributed by atoms with Gasteiger partial charge >= 0.3 is 5.97 Å². The Morgan fingerprint density at radius 2 is 1.97 bits per heavy atom. The van der Waals surface area contributed by atoms with Gasteiger partial charge < -0.3 is 10.0 Å². The van der Waals surface area contributed by atoms with E-state index in [1.807, 2.05) is 30.3 Å². The highest BCUT2D eigenvalue weighted by molar-refractivity contribution is 8.01. The van der Waals surface area contributed by atoms with Crippen molar-refractivity contribution in [2.45, 2.75) is 40.9 Å². The molecule has 4 heterocycles. The van der Waals surface area contributed by atoms with E-state index < -0.39 is 37.9 Å². The first-order valence-corrected chi connectivity index (χ1v) is 13.9. The monoisotopic (exact) mass is 532 g/mol. The summed E-state index contributed by atoms with van der Waals surface area (Å²) >= 11 is 3.03. The lowest BCUT2D eigenvalue weighted by molar-refractivity contribution is -0.152. The Balaban J connectivity index is 1.25. The Bertz CT molecular complexity index is 1450. The summed E-state index contributed by atoms with van der Waals surface area (Å²) in [5.41, 5.74) is 1.34. The highest BCUT2D eigenvalue weighted by Gasteiger charge is 2.70. The van der Waals surface area contributed by atoms with Crippen LogP contribution in [0.25, 0.3) is 16.6 Å². The van der Waals surface area contributed by atoms with Crippen LogP contribution in [0.1, 0.15) is 19.5 Å². The van der Waals surface area contributed by atoms with Gasteiger partial charge in [0.05, 0.1) is 18.3 Å². The van der Waals surface area contributed by atoms with Crippen molar-refractivity contribution in [3.8, 4) is 10.6 Å². The Labute approximate surface area is 208 Å². The van der Waals surface area contributed by atoms with Crippen LogP contribution in [0.15, 0.2) is 46.4 Å². The number of amides is 1. The van der Waals surface area contributed by atoms with Crippen molar-refractivity contribution in [1.82, 2.24) is 30.1 Å². The van der Waals surface area contributed by atoms with Gasteiger partial charge in [0.15, 0.2) is 25.6 Å². The van der Waals surface area contributed by atoms with Crippen LogP contribution >= 0.6 is 23.1 Å². The molecule has 1 aromatic carbocycles. The van der Waals surface area contributed by atoms with Gasteiger partial charge in [-0.1, -0.05) is 58.6 Å². The number of aryl methyl sites for hydroxylation is 1. The number of hydrogen-bond donors (Lipinski definition) is 1. The van der Waals surface area contributed by atoms with Crippen LogP contribution in [-0.2, 0) is 26.0 Å². The molecule has 35 heavy (non-hydrogen) atoms. The third-order valence-corrected chi connectivity index (χ3v) is 10.9. The smallest absolute Gasteiger partial charge is 0.328 e. The number of β-lactam (4-membered cyclic amide) rings is 1. The van der Waals surface area contributed by atoms with Gasteiger partial charge in [-0.2, -0.15) is 0 Å². The molecule has 0 unspecified atom stereocenters. The summed E-state index contributed by atoms with van der Waals surface area (Å²) in [6, 6.07) is 8.36. The number of carbonyl (C=O) groups excluding carboxylic acids is 1. The average Bonchev–Trinajstić information content (AvgIpc) is 3.50. The molecule has 0 aliphatic carbocycles. The molecule has 5 rings (SSSR count). The van der Waals surface area contributed by atoms with E-state index in [4.69, 9.17) is 0 Å². The van der Waals surface area contributed by atoms with Crippen LogP contribution in [-0.4, -0.2) is 77.4 Å². The van der Waals surface area contributed by atoms with E-state index in [9.17, 15) is 23.1 Å². The van der Waals surface area contributed by atoms with E-state index in [0.717, 1.165) is 19.8 Å². The second-order valence-corrected chi connectivity index (χ2v) is 13.5. The first-order valence-electron chi connectivity index (χ1n) is 10.5. The van der Waals surface area contributed by atoms with Crippen molar-refractivity contribution >= 4 is 50.9 Å². The quantitative estimate of drug-likeness (QED) is 0.271. The van der Waals surface area contributed by atoms with Crippen LogP contribution in [0.4, 0.5) is 0 Å². The molecular formula is C21H20N6O5S3. The second-order valence-electron chi connectivity index (χ2n) is 8.55. The standard InChI is InChI=1S/C21H20N6O5S3/c1-21(2)15(19(29)30)27-17(28)14(18(27)35(21,31)32)10-13-11-26(25-22-13)8-9-33-20-24-23-16(34-20)12-6-4-3-5-7-12/h3-7,10-11,15,18H,8-9H2,1-2H3,(H,29,30)/b14-10+/t15-,18+/m0/s1. The van der Waals surface area contributed by atoms with Crippen molar-refractivity contribution < 1.29 is 23.1 Å². The van der Waals surface area contributed by atoms with Crippen molar-refractivity contribution in [2.75, 3.05) is 5.75 Å². The summed E-state index contributed by atoms with van der Waals surface area (Å²) in [5.74, 6) is -1.31. The molecule has 0 spiro atoms. The van der Waals surface area contributed by atoms with Crippen molar-refractivity contribution in [3.05, 3.63) is 47.8 Å². The molecule has 2 fully saturated rings. The maximum Gasteiger partial charge on any atom is 0.328 e. The minimum atomic E-state index is -3.93. The zero-order chi connectivity index (χ0) is 25.0. The number of carbonyl (C=O) groups is 2. The summed E-state index contributed by atoms with van der Waals surface area (Å²) in [6.07, 6.45) is 2.98. The molecule has 2 atom stereocenters. The summed E-state index contributed by atoms with van der Waals surface area (Å²) in [5, 5.41) is 25.5. The lowest BCUT2D eigenvalue weighted by atomic mass is 9.95. The highest BCUT2D eigenvalue weighted by atomic mass is 32.2. The van der Waals surface area contributed by atoms with E-state index in [1.165, 1.54) is 43.0 Å². The number of nitrogens with zero attached hydrogens (tertiary/aromatic N) is 6. The minimum Gasteiger partial charge on any atom is -0.480 e. The lowest BCUT2D eigenvalue weighted by Crippen LogP contribution is -2.58. The van der Waals surface area contributed by atoms with Gasteiger partial charge in [0.1, 0.15) is 15.4 Å². The Morgan fingerprint density at radius 3 is 2.69 bits per heavy atom. The Kier molecular flexibility index (Phi) is 5.76. The van der Waals surface area contributed by atoms with Crippen LogP contribution in [0.5, 0.6) is 0 Å². The van der Waals surface area contributed by atoms with Gasteiger partial charge in [0.25, 0.3) is 5.91 Å². The van der Waals surface area contributed by atoms with Crippen molar-refractivity contribution in [1.29, 1.82) is 0 Å². The number of aromatic nitrogens is 5. The molecule has 2 aliphatic rings. The number of fused-ring (bicyclic) bond motifs is 1. The molecule has 0 bridgehead atoms. The van der Waals surface area contributed by atoms with Crippen molar-refractivity contribution in [3.63, 3.8) is 0 Å². The fourth-order valence-corrected chi connectivity index (χ4v) is 8.16. The van der Waals surface area contributed by atoms with Crippen LogP contribution in [0.3, 0.4) is 0 Å². The van der Waals surface area contributed by atoms with Gasteiger partial charge in [0, 0.05) is 11.3 Å². The molecule has 0 saturated carbocycles. The third kappa shape index (κ3) is 3.85. The summed E-state index contributed by atoms with van der Waals surface area (Å²) in [7, 11) is -3.93. The molecule has 1 amide bonds. The van der Waals surface area contributed by atoms with Crippen LogP contribution in [0, 0.1) is 0 Å². The fourth-order valence-electron chi connectivity index (χ4n) is 4.18. The van der Waals surface area contributed by atoms with Gasteiger partial charge in [0.2, 0.25) is 0 Å². The van der Waals surface area contributed by atoms with E-state index in [1.54, 1.807) is 10.9 Å². The number of hydrogen-bond acceptors (Lipinski definition) is 10. The molecule has 1 N–H and O–H groups in total. The predicted octanol–water partition coefficient (Wildman–Crippen LogP) is 1.80. The lowest BCUT2D eigenvalue weighted by Gasteiger charge is -2.37. The predicted molar refractivity (Wildman–Crippen MR) is 129 cm³/mol. The van der Waals surface area contributed by atoms with Gasteiger partial charge in [-0.15, -0.1) is 15.3 Å². The number of aliphatic carboxylic acids is 1. The molecule has 2 aliphatic heterocycles. The summed E-state index contributed by atoms with van der Waals surface area (Å²) in [4.78, 5) is 25.2. The number of thioether (sulfide) groups is 1. The third-order valence-electron chi connectivity index (χ3n) is 6.03. The number of carboxylic acids is 1. The molecule has 0 radical (unpaired) electrons. The van der Waals surface area contributed by atoms with Crippen LogP contribution in [0.2, 0.25) is 0 Å². The zero-order valence-corrected chi connectivity index (χ0v) is 21.0. The maximum absolute atomic E-state index is 13.0. The van der Waals surface area contributed by atoms with Gasteiger partial charge in [-0.3, -0.25) is 9.48 Å². The molecule has 11 nitrogen and oxygen atoms in total. The summed E-state index contributed by atoms with van der Waals surface area (Å²) in [6.45, 7) is 3.18. The molecule has 182 valence electrons. The van der Waals surface area contributed by atoms with Crippen molar-refractivity contribution in [2.24, 2.45) is 0 Å². The highest BCUT2D eigenvalue weighted by Crippen LogP contribution is 2.48. The SMILES string of the molecule is CC1(C)[C@H](C(=O)O)N2C(=O)/C(=C\c3cn(CCSc4nnc(-c5ccccc5)s4)nn3)[C@H]2S1(=O)=O. The number of sulfone groups is 1. The largest absolute Gasteiger partial charge is 0.480 e. The molecule has 2 aromatic heterocycles. The maximum atomic E-state index is 13.0. The zero-order valence-electron chi connectivity index (χ0n) is 18.6. The van der Waals surface area contributed by atoms with E-state index in [2.05, 4.69) is 20.5 Å². The van der Waals surface area contributed by atoms with E-state index in [-0.39, 0.29) is 5.57 Å². The molecule has 14 heteroatoms. The van der Waals surface area contributed by atoms with Crippen LogP contribution < -0.4 is 0 Å². The molecule has 3 aromatic rings. The Hall–Kier alpha value is -3.10. The normalized spacial score (nSPS) is 23.3. The molecule has 2 saturated heterocycles. The summed E-state index contributed by atoms with van der Waals surface area (Å²) < 4.78 is 26.7. The number of carboxylic acid groups (broad SMARTS) is 1. The van der Waals surface area contributed by atoms with Gasteiger partial charge in [-0.05, 0) is 19.9 Å². The Morgan fingerprint density at radius 1 is 1.23 bits per heavy atom. The number of rotatable bonds is 7. The average molecular weight is 533 g/mol. The van der Waals surface area contributed by atoms with E-state index >= 15 is 0 Å². The molecular weight excluding hydrogens is 512 g/mol. The fraction of sp³-hybridized carbons (Fsp3) is 0.333. The number of benzene rings is 1.